The third kappa shape index (κ3) is 12.6. The molecule has 5 aromatic carbocycles. The van der Waals surface area contributed by atoms with Crippen LogP contribution in [0.5, 0.6) is 11.5 Å². The molecule has 0 spiro atoms. The average molecular weight is 1170 g/mol. The molecule has 10 bridgehead atoms. The fraction of sp³-hybridized carbons (Fsp3) is 0.493. The van der Waals surface area contributed by atoms with Gasteiger partial charge in [0.05, 0.1) is 27.1 Å². The zero-order chi connectivity index (χ0) is 57.6. The van der Waals surface area contributed by atoms with Crippen molar-refractivity contribution in [3.8, 4) is 23.3 Å². The van der Waals surface area contributed by atoms with Crippen molar-refractivity contribution in [2.75, 3.05) is 19.8 Å². The molecule has 9 aliphatic rings. The number of fused-ring (bicyclic) bond motifs is 10. The van der Waals surface area contributed by atoms with Gasteiger partial charge in [0.1, 0.15) is 17.6 Å². The second kappa shape index (κ2) is 25.4. The van der Waals surface area contributed by atoms with Crippen molar-refractivity contribution in [3.05, 3.63) is 176 Å². The van der Waals surface area contributed by atoms with Gasteiger partial charge < -0.3 is 51.2 Å². The van der Waals surface area contributed by atoms with E-state index in [1.807, 2.05) is 72.8 Å². The summed E-state index contributed by atoms with van der Waals surface area (Å²) in [7, 11) is -4.95. The minimum Gasteiger partial charge on any atom is -0.748 e. The van der Waals surface area contributed by atoms with Crippen molar-refractivity contribution in [2.24, 2.45) is 46.0 Å². The van der Waals surface area contributed by atoms with E-state index in [-0.39, 0.29) is 109 Å². The van der Waals surface area contributed by atoms with Crippen molar-refractivity contribution in [1.29, 1.82) is 0 Å². The van der Waals surface area contributed by atoms with Crippen LogP contribution in [0.1, 0.15) is 176 Å². The van der Waals surface area contributed by atoms with Crippen LogP contribution < -0.4 is 51.1 Å². The Morgan fingerprint density at radius 3 is 2.48 bits per heavy atom. The monoisotopic (exact) mass is 1160 g/mol. The van der Waals surface area contributed by atoms with Gasteiger partial charge in [0.2, 0.25) is 5.72 Å². The third-order valence-electron chi connectivity index (χ3n) is 20.4. The maximum atomic E-state index is 14.4. The first-order valence-corrected chi connectivity index (χ1v) is 32.0. The summed E-state index contributed by atoms with van der Waals surface area (Å²) in [4.78, 5) is 5.18. The predicted molar refractivity (Wildman–Crippen MR) is 320 cm³/mol. The van der Waals surface area contributed by atoms with Gasteiger partial charge in [0.15, 0.2) is 5.96 Å². The zero-order valence-corrected chi connectivity index (χ0v) is 51.5. The Balaban J connectivity index is 0.00000736. The number of guanidine groups is 1. The molecule has 1 saturated carbocycles. The first kappa shape index (κ1) is 60.7. The summed E-state index contributed by atoms with van der Waals surface area (Å²) >= 11 is 0. The predicted octanol–water partition coefficient (Wildman–Crippen LogP) is 7.11. The van der Waals surface area contributed by atoms with Gasteiger partial charge in [-0.2, -0.15) is 0 Å². The number of phenols is 1. The number of phenolic OH excluding ortho intramolecular Hbond substituents is 1. The molecule has 0 amide bonds. The molecule has 6 aliphatic heterocycles. The van der Waals surface area contributed by atoms with E-state index in [9.17, 15) is 33.4 Å². The summed E-state index contributed by atoms with van der Waals surface area (Å²) in [6.07, 6.45) is 10.8. The number of nitrogens with zero attached hydrogens (tertiary/aromatic N) is 1. The Morgan fingerprint density at radius 2 is 1.70 bits per heavy atom. The van der Waals surface area contributed by atoms with Crippen LogP contribution in [0.2, 0.25) is 0 Å². The van der Waals surface area contributed by atoms with Crippen LogP contribution in [-0.2, 0) is 39.8 Å². The van der Waals surface area contributed by atoms with Crippen LogP contribution in [0.4, 0.5) is 0 Å². The van der Waals surface area contributed by atoms with Crippen LogP contribution in [0, 0.1) is 41.4 Å². The molecule has 14 unspecified atom stereocenters. The van der Waals surface area contributed by atoms with E-state index in [1.54, 1.807) is 12.1 Å². The number of hydrogen-bond acceptors (Lipinski definition) is 11. The molecule has 13 nitrogen and oxygen atoms in total. The molecular weight excluding hydrogens is 1080 g/mol. The van der Waals surface area contributed by atoms with E-state index in [1.165, 1.54) is 16.7 Å². The quantitative estimate of drug-likeness (QED) is 0.0165. The Hall–Kier alpha value is -5.02. The molecule has 5 aromatic rings. The van der Waals surface area contributed by atoms with E-state index in [4.69, 9.17) is 25.9 Å². The topological polar surface area (TPSA) is 233 Å². The van der Waals surface area contributed by atoms with Gasteiger partial charge in [-0.3, -0.25) is 0 Å². The normalized spacial score (nSPS) is 31.0. The molecule has 84 heavy (non-hydrogen) atoms. The number of nitrogens with one attached hydrogen (secondary N) is 1. The first-order chi connectivity index (χ1) is 40.1. The average Bonchev–Trinajstić information content (AvgIpc) is 1.80. The number of benzene rings is 5. The number of allylic oxidation sites excluding steroid dienone is 1. The van der Waals surface area contributed by atoms with Crippen LogP contribution in [0.25, 0.3) is 0 Å². The minimum atomic E-state index is -4.95. The number of aliphatic imine (C=N–C) groups is 1. The summed E-state index contributed by atoms with van der Waals surface area (Å²) in [6, 6.07) is 36.5. The smallest absolute Gasteiger partial charge is 0.748 e. The number of nitrogens with two attached hydrogens (primary N) is 2. The van der Waals surface area contributed by atoms with E-state index in [0.29, 0.717) is 74.7 Å². The van der Waals surface area contributed by atoms with E-state index in [2.05, 4.69) is 54.4 Å². The molecule has 2 fully saturated rings. The van der Waals surface area contributed by atoms with Gasteiger partial charge in [0, 0.05) is 48.8 Å². The van der Waals surface area contributed by atoms with Gasteiger partial charge >= 0.3 is 29.6 Å². The van der Waals surface area contributed by atoms with Gasteiger partial charge in [-0.25, -0.2) is 13.4 Å². The Bertz CT molecular complexity index is 3420. The van der Waals surface area contributed by atoms with Crippen molar-refractivity contribution in [2.45, 2.75) is 162 Å². The van der Waals surface area contributed by atoms with Crippen molar-refractivity contribution >= 4 is 16.1 Å². The fourth-order valence-corrected chi connectivity index (χ4v) is 17.4. The largest absolute Gasteiger partial charge is 1.00 e. The molecule has 14 atom stereocenters. The second-order valence-electron chi connectivity index (χ2n) is 25.6. The molecule has 3 aliphatic carbocycles. The van der Waals surface area contributed by atoms with Crippen LogP contribution in [0.3, 0.4) is 0 Å². The van der Waals surface area contributed by atoms with Crippen LogP contribution in [0.15, 0.2) is 126 Å². The van der Waals surface area contributed by atoms with Gasteiger partial charge in [-0.15, -0.1) is 0 Å². The molecule has 0 aromatic heterocycles. The molecule has 15 heteroatoms. The summed E-state index contributed by atoms with van der Waals surface area (Å²) in [6.45, 7) is 3.12. The van der Waals surface area contributed by atoms with Crippen molar-refractivity contribution in [1.82, 2.24) is 5.32 Å². The maximum Gasteiger partial charge on any atom is 1.00 e. The Labute approximate surface area is 518 Å². The molecule has 9 N–H and O–H groups in total. The van der Waals surface area contributed by atoms with E-state index in [0.717, 1.165) is 72.0 Å². The van der Waals surface area contributed by atoms with Crippen LogP contribution >= 0.6 is 0 Å². The third-order valence-corrected chi connectivity index (χ3v) is 21.6. The minimum absolute atomic E-state index is 0. The number of aliphatic hydroxyl groups is 3. The van der Waals surface area contributed by atoms with Crippen molar-refractivity contribution < 1.29 is 72.4 Å². The summed E-state index contributed by atoms with van der Waals surface area (Å²) in [5, 5.41) is 47.3. The molecule has 14 rings (SSSR count). The zero-order valence-electron chi connectivity index (χ0n) is 48.7. The second-order valence-corrected chi connectivity index (χ2v) is 27.2. The van der Waals surface area contributed by atoms with E-state index < -0.39 is 50.6 Å². The molecular formula is C69H81N4NaO9S. The summed E-state index contributed by atoms with van der Waals surface area (Å²) in [5.74, 6) is 4.84. The Kier molecular flexibility index (Phi) is 18.3. The number of aliphatic hydroxyl groups excluding tert-OH is 2. The van der Waals surface area contributed by atoms with Gasteiger partial charge in [0.25, 0.3) is 0 Å². The van der Waals surface area contributed by atoms with Gasteiger partial charge in [-0.05, 0) is 213 Å². The fourth-order valence-electron chi connectivity index (χ4n) is 16.3. The van der Waals surface area contributed by atoms with E-state index >= 15 is 0 Å². The summed E-state index contributed by atoms with van der Waals surface area (Å²) in [5.41, 5.74) is 21.2. The number of ether oxygens (including phenoxy) is 2. The number of rotatable bonds is 12. The molecule has 1 saturated heterocycles. The number of aryl methyl sites for hydroxylation is 1. The standard InChI is InChI=1S/C69H82N4O9S.Na/c1-42-14-15-49-34-56-23-25-58(49)60(42)38-64(83(78,79)80)62-37-52-32-51(35-57-31-44(41-75)10-5-11-48-33-55(76)22-24-59(48)66(52)81-57)65(62)46-18-20-53(21-19-46)69(82-56,73-67(70)71)40-54(30-43-8-3-2-4-9-43)68(77)27-6-12-50(39-68)47-17-16-45-26-28-72-63(13-7-29-74)61(45)36-47;/h2-4,8-9,16-25,33-34,36-37,42,44,50-51,54,57,60,62-66,72,74-77H,6-7,10,12-15,26-32,35,38-41H2,1H3,(H4,70,71,73)(H,78,79,80);/q;+1/p-1. The molecule has 6 heterocycles. The van der Waals surface area contributed by atoms with Gasteiger partial charge in [-0.1, -0.05) is 110 Å². The summed E-state index contributed by atoms with van der Waals surface area (Å²) < 4.78 is 57.8. The van der Waals surface area contributed by atoms with Crippen molar-refractivity contribution in [3.63, 3.8) is 0 Å². The Morgan fingerprint density at radius 1 is 0.905 bits per heavy atom. The number of aromatic hydroxyl groups is 1. The number of hydrogen-bond donors (Lipinski definition) is 7. The molecule has 438 valence electrons. The first-order valence-electron chi connectivity index (χ1n) is 30.6. The maximum absolute atomic E-state index is 14.4. The van der Waals surface area contributed by atoms with Crippen LogP contribution in [-0.4, -0.2) is 76.1 Å². The molecule has 0 radical (unpaired) electrons. The SMILES string of the molecule is CC1CCc2cc3ccc2C1CC(S(=O)(=O)[O-])C1C=C2CC(CC4CC(CO)CC#Cc5cc(O)ccc5C2O4)C1c1ccc(cc1)C(CC(Cc1ccccc1)C1(O)CCCC(c2ccc4c(c2)C(CCCO)NCC4)C1)(N=C(N)N)O3.[Na+].